The standard InChI is InChI=1S/C14H20N2O/c1-16(2)14-12(8-6-10-17-3)11-7-4-5-9-13(11)15-14/h4-5,7,9,15H,6,8,10H2,1-3H3. The van der Waals surface area contributed by atoms with Crippen LogP contribution in [0.2, 0.25) is 0 Å². The first-order valence-corrected chi connectivity index (χ1v) is 6.00. The molecular formula is C14H20N2O. The number of rotatable bonds is 5. The molecule has 0 spiro atoms. The van der Waals surface area contributed by atoms with Crippen molar-refractivity contribution in [2.45, 2.75) is 12.8 Å². The van der Waals surface area contributed by atoms with Crippen LogP contribution >= 0.6 is 0 Å². The molecule has 0 fully saturated rings. The summed E-state index contributed by atoms with van der Waals surface area (Å²) in [4.78, 5) is 5.62. The number of aromatic nitrogens is 1. The van der Waals surface area contributed by atoms with Gasteiger partial charge in [-0.05, 0) is 18.9 Å². The van der Waals surface area contributed by atoms with E-state index in [1.165, 1.54) is 22.3 Å². The lowest BCUT2D eigenvalue weighted by Crippen LogP contribution is -2.11. The number of anilines is 1. The van der Waals surface area contributed by atoms with Crippen LogP contribution in [0.5, 0.6) is 0 Å². The molecule has 3 heteroatoms. The maximum atomic E-state index is 5.13. The van der Waals surface area contributed by atoms with Crippen LogP contribution in [0.25, 0.3) is 10.9 Å². The lowest BCUT2D eigenvalue weighted by molar-refractivity contribution is 0.195. The molecule has 0 unspecified atom stereocenters. The van der Waals surface area contributed by atoms with Gasteiger partial charge in [0, 0.05) is 44.3 Å². The molecule has 1 aromatic heterocycles. The van der Waals surface area contributed by atoms with Gasteiger partial charge in [-0.15, -0.1) is 0 Å². The van der Waals surface area contributed by atoms with Crippen LogP contribution in [0.4, 0.5) is 5.82 Å². The van der Waals surface area contributed by atoms with Gasteiger partial charge in [-0.2, -0.15) is 0 Å². The summed E-state index contributed by atoms with van der Waals surface area (Å²) in [5.74, 6) is 1.21. The largest absolute Gasteiger partial charge is 0.385 e. The number of nitrogens with zero attached hydrogens (tertiary/aromatic N) is 1. The Hall–Kier alpha value is -1.48. The normalized spacial score (nSPS) is 11.0. The summed E-state index contributed by atoms with van der Waals surface area (Å²) in [5, 5.41) is 1.33. The lowest BCUT2D eigenvalue weighted by atomic mass is 10.1. The Kier molecular flexibility index (Phi) is 3.69. The highest BCUT2D eigenvalue weighted by Gasteiger charge is 2.11. The highest BCUT2D eigenvalue weighted by Crippen LogP contribution is 2.28. The Balaban J connectivity index is 2.37. The minimum absolute atomic E-state index is 0.812. The SMILES string of the molecule is COCCCc1c(N(C)C)[nH]c2ccccc12. The first-order chi connectivity index (χ1) is 8.24. The Morgan fingerprint density at radius 2 is 2.00 bits per heavy atom. The van der Waals surface area contributed by atoms with E-state index >= 15 is 0 Å². The van der Waals surface area contributed by atoms with E-state index in [-0.39, 0.29) is 0 Å². The molecule has 0 radical (unpaired) electrons. The number of fused-ring (bicyclic) bond motifs is 1. The molecular weight excluding hydrogens is 212 g/mol. The van der Waals surface area contributed by atoms with Gasteiger partial charge in [-0.25, -0.2) is 0 Å². The highest BCUT2D eigenvalue weighted by molar-refractivity contribution is 5.88. The molecule has 0 bridgehead atoms. The number of H-pyrrole nitrogens is 1. The minimum atomic E-state index is 0.812. The van der Waals surface area contributed by atoms with E-state index in [4.69, 9.17) is 4.74 Å². The van der Waals surface area contributed by atoms with Gasteiger partial charge >= 0.3 is 0 Å². The Bertz CT molecular complexity index is 488. The van der Waals surface area contributed by atoms with Crippen LogP contribution in [0, 0.1) is 0 Å². The molecule has 2 rings (SSSR count). The van der Waals surface area contributed by atoms with E-state index in [9.17, 15) is 0 Å². The summed E-state index contributed by atoms with van der Waals surface area (Å²) in [6, 6.07) is 8.47. The summed E-state index contributed by atoms with van der Waals surface area (Å²) in [6.07, 6.45) is 2.10. The second-order valence-electron chi connectivity index (χ2n) is 4.49. The quantitative estimate of drug-likeness (QED) is 0.803. The monoisotopic (exact) mass is 232 g/mol. The van der Waals surface area contributed by atoms with Crippen LogP contribution in [0.3, 0.4) is 0 Å². The van der Waals surface area contributed by atoms with Crippen molar-refractivity contribution in [1.82, 2.24) is 4.98 Å². The van der Waals surface area contributed by atoms with E-state index in [0.717, 1.165) is 19.4 Å². The number of methoxy groups -OCH3 is 1. The van der Waals surface area contributed by atoms with Crippen molar-refractivity contribution in [1.29, 1.82) is 0 Å². The second-order valence-corrected chi connectivity index (χ2v) is 4.49. The van der Waals surface area contributed by atoms with Gasteiger partial charge in [0.1, 0.15) is 5.82 Å². The van der Waals surface area contributed by atoms with E-state index in [1.54, 1.807) is 7.11 Å². The zero-order valence-electron chi connectivity index (χ0n) is 10.8. The first kappa shape index (κ1) is 12.0. The maximum absolute atomic E-state index is 5.13. The van der Waals surface area contributed by atoms with Crippen LogP contribution in [0.15, 0.2) is 24.3 Å². The highest BCUT2D eigenvalue weighted by atomic mass is 16.5. The van der Waals surface area contributed by atoms with E-state index < -0.39 is 0 Å². The molecule has 0 saturated heterocycles. The van der Waals surface area contributed by atoms with Gasteiger partial charge in [-0.3, -0.25) is 0 Å². The molecule has 0 amide bonds. The molecule has 17 heavy (non-hydrogen) atoms. The van der Waals surface area contributed by atoms with Crippen molar-refractivity contribution >= 4 is 16.7 Å². The molecule has 2 aromatic rings. The van der Waals surface area contributed by atoms with Crippen molar-refractivity contribution in [3.05, 3.63) is 29.8 Å². The summed E-state index contributed by atoms with van der Waals surface area (Å²) >= 11 is 0. The zero-order chi connectivity index (χ0) is 12.3. The smallest absolute Gasteiger partial charge is 0.109 e. The number of ether oxygens (including phenoxy) is 1. The van der Waals surface area contributed by atoms with Crippen LogP contribution < -0.4 is 4.90 Å². The number of para-hydroxylation sites is 1. The summed E-state index contributed by atoms with van der Waals surface area (Å²) in [6.45, 7) is 0.812. The van der Waals surface area contributed by atoms with Crippen molar-refractivity contribution in [3.63, 3.8) is 0 Å². The van der Waals surface area contributed by atoms with Crippen LogP contribution in [-0.2, 0) is 11.2 Å². The predicted octanol–water partition coefficient (Wildman–Crippen LogP) is 2.81. The topological polar surface area (TPSA) is 28.3 Å². The minimum Gasteiger partial charge on any atom is -0.385 e. The molecule has 3 nitrogen and oxygen atoms in total. The van der Waals surface area contributed by atoms with Crippen molar-refractivity contribution < 1.29 is 4.74 Å². The fourth-order valence-electron chi connectivity index (χ4n) is 2.21. The summed E-state index contributed by atoms with van der Waals surface area (Å²) in [7, 11) is 5.90. The Labute approximate surface area is 102 Å². The third-order valence-electron chi connectivity index (χ3n) is 3.01. The van der Waals surface area contributed by atoms with Gasteiger partial charge in [0.25, 0.3) is 0 Å². The molecule has 92 valence electrons. The van der Waals surface area contributed by atoms with Gasteiger partial charge < -0.3 is 14.6 Å². The van der Waals surface area contributed by atoms with Crippen molar-refractivity contribution in [2.24, 2.45) is 0 Å². The number of benzene rings is 1. The van der Waals surface area contributed by atoms with Gasteiger partial charge in [0.05, 0.1) is 0 Å². The van der Waals surface area contributed by atoms with Gasteiger partial charge in [0.15, 0.2) is 0 Å². The number of nitrogens with one attached hydrogen (secondary N) is 1. The molecule has 0 atom stereocenters. The van der Waals surface area contributed by atoms with Gasteiger partial charge in [-0.1, -0.05) is 18.2 Å². The first-order valence-electron chi connectivity index (χ1n) is 6.00. The average molecular weight is 232 g/mol. The molecule has 0 aliphatic heterocycles. The fraction of sp³-hybridized carbons (Fsp3) is 0.429. The van der Waals surface area contributed by atoms with Crippen LogP contribution in [-0.4, -0.2) is 32.8 Å². The maximum Gasteiger partial charge on any atom is 0.109 e. The third kappa shape index (κ3) is 2.44. The summed E-state index contributed by atoms with van der Waals surface area (Å²) < 4.78 is 5.13. The molecule has 0 saturated carbocycles. The fourth-order valence-corrected chi connectivity index (χ4v) is 2.21. The van der Waals surface area contributed by atoms with Crippen LogP contribution in [0.1, 0.15) is 12.0 Å². The number of hydrogen-bond acceptors (Lipinski definition) is 2. The van der Waals surface area contributed by atoms with Gasteiger partial charge in [0.2, 0.25) is 0 Å². The molecule has 0 aliphatic carbocycles. The Morgan fingerprint density at radius 3 is 2.71 bits per heavy atom. The predicted molar refractivity (Wildman–Crippen MR) is 72.8 cm³/mol. The lowest BCUT2D eigenvalue weighted by Gasteiger charge is -2.13. The number of hydrogen-bond donors (Lipinski definition) is 1. The Morgan fingerprint density at radius 1 is 1.24 bits per heavy atom. The van der Waals surface area contributed by atoms with Crippen molar-refractivity contribution in [2.75, 3.05) is 32.7 Å². The molecule has 1 heterocycles. The third-order valence-corrected chi connectivity index (χ3v) is 3.01. The average Bonchev–Trinajstić information content (AvgIpc) is 2.69. The number of aryl methyl sites for hydroxylation is 1. The second kappa shape index (κ2) is 5.23. The summed E-state index contributed by atoms with van der Waals surface area (Å²) in [5.41, 5.74) is 2.60. The van der Waals surface area contributed by atoms with E-state index in [0.29, 0.717) is 0 Å². The van der Waals surface area contributed by atoms with E-state index in [1.807, 2.05) is 0 Å². The molecule has 1 aromatic carbocycles. The molecule has 1 N–H and O–H groups in total. The number of aromatic amines is 1. The molecule has 0 aliphatic rings. The zero-order valence-corrected chi connectivity index (χ0v) is 10.8. The van der Waals surface area contributed by atoms with E-state index in [2.05, 4.69) is 48.2 Å². The van der Waals surface area contributed by atoms with Crippen molar-refractivity contribution in [3.8, 4) is 0 Å².